The number of nitrogens with two attached hydrogens (primary N) is 1. The van der Waals surface area contributed by atoms with E-state index < -0.39 is 6.03 Å². The fraction of sp³-hybridized carbons (Fsp3) is 0.471. The van der Waals surface area contributed by atoms with Gasteiger partial charge in [-0.25, -0.2) is 9.86 Å². The van der Waals surface area contributed by atoms with E-state index in [1.54, 1.807) is 0 Å². The van der Waals surface area contributed by atoms with Crippen molar-refractivity contribution in [3.05, 3.63) is 29.3 Å². The fourth-order valence-corrected chi connectivity index (χ4v) is 2.37. The minimum atomic E-state index is -0.888. The van der Waals surface area contributed by atoms with Crippen LogP contribution < -0.4 is 15.2 Å². The van der Waals surface area contributed by atoms with Crippen LogP contribution in [0.25, 0.3) is 6.08 Å². The summed E-state index contributed by atoms with van der Waals surface area (Å²) in [4.78, 5) is 10.9. The number of fused-ring (bicyclic) bond motifs is 1. The van der Waals surface area contributed by atoms with Crippen molar-refractivity contribution in [1.29, 1.82) is 0 Å². The van der Waals surface area contributed by atoms with Crippen molar-refractivity contribution in [3.63, 3.8) is 0 Å². The SMILES string of the molecule is CCCCCCOc1ccc2c(c1)C=C(CN(O)C(N)=O)CO2. The van der Waals surface area contributed by atoms with Gasteiger partial charge in [0.1, 0.15) is 18.1 Å². The number of hydrogen-bond acceptors (Lipinski definition) is 4. The van der Waals surface area contributed by atoms with Crippen molar-refractivity contribution in [2.24, 2.45) is 5.73 Å². The Hall–Kier alpha value is -2.21. The van der Waals surface area contributed by atoms with Crippen molar-refractivity contribution in [1.82, 2.24) is 5.06 Å². The van der Waals surface area contributed by atoms with E-state index in [4.69, 9.17) is 15.2 Å². The minimum absolute atomic E-state index is 0.0247. The molecule has 1 aliphatic rings. The molecular formula is C17H24N2O4. The van der Waals surface area contributed by atoms with E-state index >= 15 is 0 Å². The number of amides is 2. The quantitative estimate of drug-likeness (QED) is 0.437. The highest BCUT2D eigenvalue weighted by Crippen LogP contribution is 2.30. The second-order valence-corrected chi connectivity index (χ2v) is 5.60. The molecule has 1 aliphatic heterocycles. The first-order valence-electron chi connectivity index (χ1n) is 7.95. The Morgan fingerprint density at radius 1 is 1.39 bits per heavy atom. The Morgan fingerprint density at radius 3 is 2.96 bits per heavy atom. The molecule has 6 nitrogen and oxygen atoms in total. The average Bonchev–Trinajstić information content (AvgIpc) is 2.54. The summed E-state index contributed by atoms with van der Waals surface area (Å²) in [5.41, 5.74) is 6.64. The van der Waals surface area contributed by atoms with Gasteiger partial charge < -0.3 is 15.2 Å². The summed E-state index contributed by atoms with van der Waals surface area (Å²) in [6.07, 6.45) is 6.53. The molecule has 23 heavy (non-hydrogen) atoms. The lowest BCUT2D eigenvalue weighted by molar-refractivity contribution is -0.0321. The fourth-order valence-electron chi connectivity index (χ4n) is 2.37. The molecule has 1 aromatic carbocycles. The van der Waals surface area contributed by atoms with E-state index in [0.717, 1.165) is 29.1 Å². The molecule has 0 aliphatic carbocycles. The number of benzene rings is 1. The number of hydroxylamine groups is 2. The predicted octanol–water partition coefficient (Wildman–Crippen LogP) is 3.19. The van der Waals surface area contributed by atoms with Crippen LogP contribution in [-0.2, 0) is 0 Å². The zero-order valence-electron chi connectivity index (χ0n) is 13.5. The molecule has 0 fully saturated rings. The number of hydrogen-bond donors (Lipinski definition) is 2. The molecule has 0 saturated heterocycles. The maximum Gasteiger partial charge on any atom is 0.338 e. The second kappa shape index (κ2) is 8.43. The summed E-state index contributed by atoms with van der Waals surface area (Å²) in [6, 6.07) is 4.77. The molecular weight excluding hydrogens is 296 g/mol. The zero-order chi connectivity index (χ0) is 16.7. The van der Waals surface area contributed by atoms with Crippen LogP contribution in [0.1, 0.15) is 38.2 Å². The van der Waals surface area contributed by atoms with E-state index in [9.17, 15) is 10.0 Å². The third-order valence-electron chi connectivity index (χ3n) is 3.63. The van der Waals surface area contributed by atoms with Crippen LogP contribution in [0.15, 0.2) is 23.8 Å². The molecule has 0 aromatic heterocycles. The molecule has 1 heterocycles. The Kier molecular flexibility index (Phi) is 6.29. The van der Waals surface area contributed by atoms with E-state index in [-0.39, 0.29) is 6.54 Å². The van der Waals surface area contributed by atoms with Crippen LogP contribution in [0.4, 0.5) is 4.79 Å². The van der Waals surface area contributed by atoms with Crippen molar-refractivity contribution < 1.29 is 19.5 Å². The number of nitrogens with zero attached hydrogens (tertiary/aromatic N) is 1. The first kappa shape index (κ1) is 17.1. The molecule has 3 N–H and O–H groups in total. The Labute approximate surface area is 136 Å². The molecule has 6 heteroatoms. The third kappa shape index (κ3) is 5.17. The first-order valence-corrected chi connectivity index (χ1v) is 7.95. The number of urea groups is 1. The van der Waals surface area contributed by atoms with Crippen molar-refractivity contribution in [2.45, 2.75) is 32.6 Å². The molecule has 0 spiro atoms. The average molecular weight is 320 g/mol. The van der Waals surface area contributed by atoms with Gasteiger partial charge in [-0.1, -0.05) is 26.2 Å². The third-order valence-corrected chi connectivity index (χ3v) is 3.63. The number of unbranched alkanes of at least 4 members (excludes halogenated alkanes) is 3. The van der Waals surface area contributed by atoms with Crippen LogP contribution in [0.2, 0.25) is 0 Å². The van der Waals surface area contributed by atoms with Gasteiger partial charge in [-0.2, -0.15) is 0 Å². The molecule has 0 bridgehead atoms. The molecule has 0 saturated carbocycles. The molecule has 2 amide bonds. The molecule has 1 aromatic rings. The number of primary amides is 1. The van der Waals surface area contributed by atoms with E-state index in [1.165, 1.54) is 19.3 Å². The van der Waals surface area contributed by atoms with Crippen molar-refractivity contribution in [2.75, 3.05) is 19.8 Å². The normalized spacial score (nSPS) is 12.9. The van der Waals surface area contributed by atoms with Crippen LogP contribution >= 0.6 is 0 Å². The summed E-state index contributed by atoms with van der Waals surface area (Å²) < 4.78 is 11.4. The number of rotatable bonds is 8. The standard InChI is InChI=1S/C17H24N2O4/c1-2-3-4-5-8-22-15-6-7-16-14(10-15)9-13(12-23-16)11-19(21)17(18)20/h6-7,9-10,21H,2-5,8,11-12H2,1H3,(H2,18,20). The van der Waals surface area contributed by atoms with E-state index in [2.05, 4.69) is 6.92 Å². The van der Waals surface area contributed by atoms with Crippen LogP contribution in [0, 0.1) is 0 Å². The van der Waals surface area contributed by atoms with Crippen LogP contribution in [-0.4, -0.2) is 36.1 Å². The van der Waals surface area contributed by atoms with Crippen LogP contribution in [0.3, 0.4) is 0 Å². The second-order valence-electron chi connectivity index (χ2n) is 5.60. The molecule has 126 valence electrons. The number of carbonyl (C=O) groups is 1. The molecule has 0 atom stereocenters. The van der Waals surface area contributed by atoms with Crippen molar-refractivity contribution in [3.8, 4) is 11.5 Å². The van der Waals surface area contributed by atoms with Gasteiger partial charge in [0.05, 0.1) is 13.2 Å². The highest BCUT2D eigenvalue weighted by molar-refractivity contribution is 5.71. The van der Waals surface area contributed by atoms with E-state index in [1.807, 2.05) is 24.3 Å². The maximum absolute atomic E-state index is 10.9. The lowest BCUT2D eigenvalue weighted by Crippen LogP contribution is -2.35. The number of ether oxygens (including phenoxy) is 2. The highest BCUT2D eigenvalue weighted by Gasteiger charge is 2.16. The minimum Gasteiger partial charge on any atom is -0.494 e. The molecule has 2 rings (SSSR count). The Balaban J connectivity index is 1.96. The summed E-state index contributed by atoms with van der Waals surface area (Å²) in [5.74, 6) is 1.55. The summed E-state index contributed by atoms with van der Waals surface area (Å²) in [7, 11) is 0. The largest absolute Gasteiger partial charge is 0.494 e. The first-order chi connectivity index (χ1) is 11.1. The van der Waals surface area contributed by atoms with Gasteiger partial charge in [-0.3, -0.25) is 5.21 Å². The lowest BCUT2D eigenvalue weighted by atomic mass is 10.1. The van der Waals surface area contributed by atoms with Gasteiger partial charge in [0.25, 0.3) is 0 Å². The number of carbonyl (C=O) groups excluding carboxylic acids is 1. The van der Waals surface area contributed by atoms with Gasteiger partial charge in [-0.15, -0.1) is 0 Å². The zero-order valence-corrected chi connectivity index (χ0v) is 13.5. The maximum atomic E-state index is 10.9. The highest BCUT2D eigenvalue weighted by atomic mass is 16.5. The van der Waals surface area contributed by atoms with Gasteiger partial charge in [0.15, 0.2) is 0 Å². The summed E-state index contributed by atoms with van der Waals surface area (Å²) in [6.45, 7) is 3.22. The predicted molar refractivity (Wildman–Crippen MR) is 87.6 cm³/mol. The van der Waals surface area contributed by atoms with Gasteiger partial charge >= 0.3 is 6.03 Å². The smallest absolute Gasteiger partial charge is 0.338 e. The van der Waals surface area contributed by atoms with Gasteiger partial charge in [-0.05, 0) is 36.3 Å². The topological polar surface area (TPSA) is 85.0 Å². The monoisotopic (exact) mass is 320 g/mol. The van der Waals surface area contributed by atoms with Crippen LogP contribution in [0.5, 0.6) is 11.5 Å². The molecule has 0 unspecified atom stereocenters. The summed E-state index contributed by atoms with van der Waals surface area (Å²) in [5, 5.41) is 9.87. The molecule has 0 radical (unpaired) electrons. The lowest BCUT2D eigenvalue weighted by Gasteiger charge is -2.21. The van der Waals surface area contributed by atoms with Crippen molar-refractivity contribution >= 4 is 12.1 Å². The van der Waals surface area contributed by atoms with E-state index in [0.29, 0.717) is 18.3 Å². The Morgan fingerprint density at radius 2 is 2.22 bits per heavy atom. The summed E-state index contributed by atoms with van der Waals surface area (Å²) >= 11 is 0. The Bertz CT molecular complexity index is 572. The van der Waals surface area contributed by atoms with Gasteiger partial charge in [0.2, 0.25) is 0 Å². The van der Waals surface area contributed by atoms with Gasteiger partial charge in [0, 0.05) is 5.56 Å².